The minimum Gasteiger partial charge on any atom is -0.386 e. The van der Waals surface area contributed by atoms with Crippen molar-refractivity contribution in [2.24, 2.45) is 0 Å². The third-order valence-corrected chi connectivity index (χ3v) is 4.50. The first-order chi connectivity index (χ1) is 12.0. The van der Waals surface area contributed by atoms with Gasteiger partial charge in [0.05, 0.1) is 6.54 Å². The molecule has 134 valence electrons. The minimum atomic E-state index is -0.937. The Morgan fingerprint density at radius 2 is 2.24 bits per heavy atom. The molecule has 1 N–H and O–H groups in total. The number of anilines is 1. The molecule has 0 saturated carbocycles. The molecule has 0 aromatic carbocycles. The minimum absolute atomic E-state index is 0.167. The highest BCUT2D eigenvalue weighted by molar-refractivity contribution is 5.92. The van der Waals surface area contributed by atoms with Crippen LogP contribution in [0.2, 0.25) is 0 Å². The van der Waals surface area contributed by atoms with Gasteiger partial charge in [-0.15, -0.1) is 0 Å². The van der Waals surface area contributed by atoms with Crippen molar-refractivity contribution >= 4 is 11.7 Å². The molecule has 1 fully saturated rings. The Balaban J connectivity index is 1.61. The summed E-state index contributed by atoms with van der Waals surface area (Å²) in [5.74, 6) is 0.685. The summed E-state index contributed by atoms with van der Waals surface area (Å²) in [7, 11) is 1.71. The highest BCUT2D eigenvalue weighted by Crippen LogP contribution is 2.26. The number of aliphatic hydroxyl groups is 1. The van der Waals surface area contributed by atoms with Gasteiger partial charge in [-0.25, -0.2) is 4.98 Å². The Morgan fingerprint density at radius 3 is 2.96 bits per heavy atom. The van der Waals surface area contributed by atoms with E-state index in [9.17, 15) is 9.90 Å². The summed E-state index contributed by atoms with van der Waals surface area (Å²) >= 11 is 0. The highest BCUT2D eigenvalue weighted by atomic mass is 16.3. The predicted octanol–water partition coefficient (Wildman–Crippen LogP) is 1.40. The molecule has 1 saturated heterocycles. The van der Waals surface area contributed by atoms with Gasteiger partial charge in [-0.1, -0.05) is 13.0 Å². The third kappa shape index (κ3) is 3.99. The van der Waals surface area contributed by atoms with E-state index >= 15 is 0 Å². The molecule has 7 heteroatoms. The normalized spacial score (nSPS) is 20.0. The number of carbonyl (C=O) groups is 1. The van der Waals surface area contributed by atoms with Crippen LogP contribution in [0.15, 0.2) is 36.7 Å². The number of rotatable bonds is 6. The van der Waals surface area contributed by atoms with Crippen LogP contribution in [-0.2, 0) is 6.54 Å². The molecule has 1 aliphatic heterocycles. The van der Waals surface area contributed by atoms with Gasteiger partial charge in [0.1, 0.15) is 17.1 Å². The quantitative estimate of drug-likeness (QED) is 0.858. The first-order valence-corrected chi connectivity index (χ1v) is 8.68. The van der Waals surface area contributed by atoms with Gasteiger partial charge in [-0.3, -0.25) is 9.48 Å². The monoisotopic (exact) mass is 343 g/mol. The summed E-state index contributed by atoms with van der Waals surface area (Å²) in [6.07, 6.45) is 5.13. The van der Waals surface area contributed by atoms with E-state index in [-0.39, 0.29) is 12.5 Å². The van der Waals surface area contributed by atoms with Crippen molar-refractivity contribution in [1.29, 1.82) is 0 Å². The number of hydrogen-bond acceptors (Lipinski definition) is 5. The van der Waals surface area contributed by atoms with Gasteiger partial charge < -0.3 is 14.9 Å². The maximum absolute atomic E-state index is 12.6. The fraction of sp³-hybridized carbons (Fsp3) is 0.500. The molecular formula is C18H25N5O2. The Bertz CT molecular complexity index is 717. The third-order valence-electron chi connectivity index (χ3n) is 4.50. The lowest BCUT2D eigenvalue weighted by Gasteiger charge is -2.28. The van der Waals surface area contributed by atoms with E-state index in [0.717, 1.165) is 25.3 Å². The van der Waals surface area contributed by atoms with Crippen LogP contribution < -0.4 is 4.90 Å². The molecule has 1 atom stereocenters. The number of nitrogens with zero attached hydrogens (tertiary/aromatic N) is 5. The Morgan fingerprint density at radius 1 is 1.40 bits per heavy atom. The van der Waals surface area contributed by atoms with E-state index in [1.54, 1.807) is 28.9 Å². The van der Waals surface area contributed by atoms with E-state index in [2.05, 4.69) is 17.0 Å². The van der Waals surface area contributed by atoms with Crippen molar-refractivity contribution in [2.75, 3.05) is 31.6 Å². The summed E-state index contributed by atoms with van der Waals surface area (Å²) in [5.41, 5.74) is -0.521. The summed E-state index contributed by atoms with van der Waals surface area (Å²) in [5, 5.41) is 15.2. The fourth-order valence-corrected chi connectivity index (χ4v) is 3.26. The molecule has 1 amide bonds. The zero-order valence-electron chi connectivity index (χ0n) is 14.8. The predicted molar refractivity (Wildman–Crippen MR) is 95.5 cm³/mol. The van der Waals surface area contributed by atoms with Crippen LogP contribution in [0.3, 0.4) is 0 Å². The van der Waals surface area contributed by atoms with E-state index in [1.165, 1.54) is 0 Å². The van der Waals surface area contributed by atoms with Crippen molar-refractivity contribution in [2.45, 2.75) is 31.9 Å². The molecule has 3 rings (SSSR count). The Hall–Kier alpha value is -2.41. The standard InChI is InChI=1S/C18H25N5O2/c1-3-10-23-11-7-15(20-23)17(24)21(2)13-18(25)8-12-22(14-18)16-6-4-5-9-19-16/h4-7,9,11,25H,3,8,10,12-14H2,1-2H3/t18-/m0/s1. The fourth-order valence-electron chi connectivity index (χ4n) is 3.26. The molecular weight excluding hydrogens is 318 g/mol. The van der Waals surface area contributed by atoms with Crippen molar-refractivity contribution < 1.29 is 9.90 Å². The van der Waals surface area contributed by atoms with Crippen LogP contribution in [0.4, 0.5) is 5.82 Å². The molecule has 2 aromatic heterocycles. The number of aryl methyl sites for hydroxylation is 1. The lowest BCUT2D eigenvalue weighted by molar-refractivity contribution is 0.0261. The zero-order valence-corrected chi connectivity index (χ0v) is 14.8. The first-order valence-electron chi connectivity index (χ1n) is 8.68. The number of β-amino-alcohol motifs (C(OH)–C–C–N with tert-alkyl or cyclic N) is 1. The Kier molecular flexibility index (Phi) is 5.03. The zero-order chi connectivity index (χ0) is 17.9. The molecule has 0 spiro atoms. The van der Waals surface area contributed by atoms with Crippen LogP contribution in [-0.4, -0.2) is 63.0 Å². The molecule has 2 aromatic rings. The van der Waals surface area contributed by atoms with Gasteiger partial charge in [0.2, 0.25) is 0 Å². The van der Waals surface area contributed by atoms with Crippen LogP contribution >= 0.6 is 0 Å². The molecule has 3 heterocycles. The van der Waals surface area contributed by atoms with Crippen molar-refractivity contribution in [3.63, 3.8) is 0 Å². The molecule has 7 nitrogen and oxygen atoms in total. The topological polar surface area (TPSA) is 74.5 Å². The number of carbonyl (C=O) groups excluding carboxylic acids is 1. The molecule has 0 unspecified atom stereocenters. The van der Waals surface area contributed by atoms with Gasteiger partial charge in [-0.05, 0) is 31.0 Å². The maximum Gasteiger partial charge on any atom is 0.274 e. The molecule has 1 aliphatic rings. The second-order valence-corrected chi connectivity index (χ2v) is 6.71. The van der Waals surface area contributed by atoms with E-state index in [0.29, 0.717) is 18.7 Å². The summed E-state index contributed by atoms with van der Waals surface area (Å²) in [4.78, 5) is 20.5. The summed E-state index contributed by atoms with van der Waals surface area (Å²) < 4.78 is 1.77. The van der Waals surface area contributed by atoms with Crippen molar-refractivity contribution in [3.8, 4) is 0 Å². The van der Waals surface area contributed by atoms with Gasteiger partial charge in [0.25, 0.3) is 5.91 Å². The lowest BCUT2D eigenvalue weighted by atomic mass is 10.0. The molecule has 25 heavy (non-hydrogen) atoms. The van der Waals surface area contributed by atoms with Crippen molar-refractivity contribution in [3.05, 3.63) is 42.4 Å². The molecule has 0 bridgehead atoms. The average molecular weight is 343 g/mol. The van der Waals surface area contributed by atoms with Gasteiger partial charge in [-0.2, -0.15) is 5.10 Å². The highest BCUT2D eigenvalue weighted by Gasteiger charge is 2.38. The van der Waals surface area contributed by atoms with Gasteiger partial charge in [0.15, 0.2) is 0 Å². The second kappa shape index (κ2) is 7.23. The van der Waals surface area contributed by atoms with Crippen LogP contribution in [0, 0.1) is 0 Å². The maximum atomic E-state index is 12.6. The van der Waals surface area contributed by atoms with Gasteiger partial charge in [0, 0.05) is 39.1 Å². The number of pyridine rings is 1. The van der Waals surface area contributed by atoms with Gasteiger partial charge >= 0.3 is 0 Å². The van der Waals surface area contributed by atoms with Crippen LogP contribution in [0.1, 0.15) is 30.3 Å². The van der Waals surface area contributed by atoms with Crippen LogP contribution in [0.5, 0.6) is 0 Å². The number of likely N-dealkylation sites (N-methyl/N-ethyl adjacent to an activating group) is 1. The second-order valence-electron chi connectivity index (χ2n) is 6.71. The van der Waals surface area contributed by atoms with E-state index in [1.807, 2.05) is 29.3 Å². The van der Waals surface area contributed by atoms with E-state index < -0.39 is 5.60 Å². The Labute approximate surface area is 147 Å². The largest absolute Gasteiger partial charge is 0.386 e. The molecule has 0 aliphatic carbocycles. The number of aromatic nitrogens is 3. The average Bonchev–Trinajstić information content (AvgIpc) is 3.22. The van der Waals surface area contributed by atoms with E-state index in [4.69, 9.17) is 0 Å². The van der Waals surface area contributed by atoms with Crippen LogP contribution in [0.25, 0.3) is 0 Å². The lowest BCUT2D eigenvalue weighted by Crippen LogP contribution is -2.46. The number of amides is 1. The number of hydrogen-bond donors (Lipinski definition) is 1. The van der Waals surface area contributed by atoms with Crippen molar-refractivity contribution in [1.82, 2.24) is 19.7 Å². The first kappa shape index (κ1) is 17.4. The molecule has 0 radical (unpaired) electrons. The SMILES string of the molecule is CCCn1ccc(C(=O)N(C)C[C@@]2(O)CCN(c3ccccn3)C2)n1. The smallest absolute Gasteiger partial charge is 0.274 e. The summed E-state index contributed by atoms with van der Waals surface area (Å²) in [6.45, 7) is 4.32. The summed E-state index contributed by atoms with van der Waals surface area (Å²) in [6, 6.07) is 7.46.